The highest BCUT2D eigenvalue weighted by Gasteiger charge is 2.27. The molecule has 0 unspecified atom stereocenters. The third kappa shape index (κ3) is 4.79. The molecular weight excluding hydrogens is 302 g/mol. The molecular formula is C19H29N3O2. The second-order valence-electron chi connectivity index (χ2n) is 7.31. The van der Waals surface area contributed by atoms with Gasteiger partial charge in [-0.2, -0.15) is 0 Å². The Hall–Kier alpha value is -1.91. The van der Waals surface area contributed by atoms with Crippen molar-refractivity contribution in [1.82, 2.24) is 10.3 Å². The maximum absolute atomic E-state index is 12.5. The molecule has 0 spiro atoms. The van der Waals surface area contributed by atoms with Crippen molar-refractivity contribution in [2.45, 2.75) is 59.3 Å². The fraction of sp³-hybridized carbons (Fsp3) is 0.632. The first kappa shape index (κ1) is 18.4. The van der Waals surface area contributed by atoms with Crippen LogP contribution in [0.2, 0.25) is 0 Å². The van der Waals surface area contributed by atoms with Gasteiger partial charge < -0.3 is 10.6 Å². The molecule has 132 valence electrons. The van der Waals surface area contributed by atoms with E-state index in [1.54, 1.807) is 18.3 Å². The molecule has 1 aromatic rings. The van der Waals surface area contributed by atoms with E-state index in [1.165, 1.54) is 32.1 Å². The van der Waals surface area contributed by atoms with Crippen molar-refractivity contribution in [2.75, 3.05) is 11.9 Å². The van der Waals surface area contributed by atoms with Crippen LogP contribution in [0, 0.1) is 11.3 Å². The molecule has 5 heteroatoms. The summed E-state index contributed by atoms with van der Waals surface area (Å²) in [7, 11) is 0. The van der Waals surface area contributed by atoms with Crippen molar-refractivity contribution in [3.05, 3.63) is 24.0 Å². The summed E-state index contributed by atoms with van der Waals surface area (Å²) in [6.07, 6.45) is 8.45. The Bertz CT molecular complexity index is 578. The number of anilines is 1. The minimum absolute atomic E-state index is 0.0978. The van der Waals surface area contributed by atoms with Crippen LogP contribution in [0.5, 0.6) is 0 Å². The van der Waals surface area contributed by atoms with E-state index in [-0.39, 0.29) is 17.5 Å². The second-order valence-corrected chi connectivity index (χ2v) is 7.31. The topological polar surface area (TPSA) is 71.1 Å². The van der Waals surface area contributed by atoms with Crippen molar-refractivity contribution in [2.24, 2.45) is 11.3 Å². The Labute approximate surface area is 144 Å². The third-order valence-corrected chi connectivity index (χ3v) is 5.05. The molecule has 1 saturated carbocycles. The number of carbonyl (C=O) groups excluding carboxylic acids is 2. The Kier molecular flexibility index (Phi) is 6.35. The van der Waals surface area contributed by atoms with Crippen LogP contribution in [-0.2, 0) is 4.79 Å². The number of amides is 2. The van der Waals surface area contributed by atoms with Crippen LogP contribution in [0.15, 0.2) is 18.3 Å². The van der Waals surface area contributed by atoms with E-state index >= 15 is 0 Å². The number of nitrogens with one attached hydrogen (secondary N) is 2. The number of aromatic nitrogens is 1. The molecule has 1 heterocycles. The Morgan fingerprint density at radius 1 is 1.25 bits per heavy atom. The summed E-state index contributed by atoms with van der Waals surface area (Å²) in [6.45, 7) is 6.44. The third-order valence-electron chi connectivity index (χ3n) is 5.05. The molecule has 0 aromatic carbocycles. The first-order valence-electron chi connectivity index (χ1n) is 8.98. The van der Waals surface area contributed by atoms with Gasteiger partial charge in [0.15, 0.2) is 5.69 Å². The van der Waals surface area contributed by atoms with Crippen molar-refractivity contribution in [3.8, 4) is 0 Å². The van der Waals surface area contributed by atoms with E-state index in [0.29, 0.717) is 18.2 Å². The molecule has 5 nitrogen and oxygen atoms in total. The number of nitrogens with zero attached hydrogens (tertiary/aromatic N) is 1. The summed E-state index contributed by atoms with van der Waals surface area (Å²) in [5, 5.41) is 5.84. The predicted molar refractivity (Wildman–Crippen MR) is 95.8 cm³/mol. The summed E-state index contributed by atoms with van der Waals surface area (Å²) >= 11 is 0. The van der Waals surface area contributed by atoms with E-state index in [9.17, 15) is 9.59 Å². The van der Waals surface area contributed by atoms with Gasteiger partial charge in [0.05, 0.1) is 5.69 Å². The zero-order chi connectivity index (χ0) is 17.6. The van der Waals surface area contributed by atoms with E-state index in [4.69, 9.17) is 0 Å². The Balaban J connectivity index is 2.01. The molecule has 0 radical (unpaired) electrons. The first-order valence-corrected chi connectivity index (χ1v) is 8.98. The monoisotopic (exact) mass is 331 g/mol. The molecule has 24 heavy (non-hydrogen) atoms. The number of hydrogen-bond acceptors (Lipinski definition) is 3. The lowest BCUT2D eigenvalue weighted by molar-refractivity contribution is -0.124. The highest BCUT2D eigenvalue weighted by Crippen LogP contribution is 2.24. The average Bonchev–Trinajstić information content (AvgIpc) is 2.61. The fourth-order valence-electron chi connectivity index (χ4n) is 2.85. The van der Waals surface area contributed by atoms with Crippen LogP contribution in [-0.4, -0.2) is 23.3 Å². The van der Waals surface area contributed by atoms with Gasteiger partial charge in [-0.15, -0.1) is 0 Å². The van der Waals surface area contributed by atoms with Gasteiger partial charge in [0.2, 0.25) is 5.91 Å². The fourth-order valence-corrected chi connectivity index (χ4v) is 2.85. The standard InChI is InChI=1S/C19H29N3O2/c1-4-19(2,3)18(24)22-15-11-8-12-20-16(15)17(23)21-13-14-9-6-5-7-10-14/h8,11-12,14H,4-7,9-10,13H2,1-3H3,(H,21,23)(H,22,24). The number of hydrogen-bond donors (Lipinski definition) is 2. The molecule has 1 aromatic heterocycles. The molecule has 1 fully saturated rings. The van der Waals surface area contributed by atoms with E-state index in [1.807, 2.05) is 20.8 Å². The van der Waals surface area contributed by atoms with Gasteiger partial charge in [-0.3, -0.25) is 9.59 Å². The zero-order valence-electron chi connectivity index (χ0n) is 15.0. The summed E-state index contributed by atoms with van der Waals surface area (Å²) < 4.78 is 0. The largest absolute Gasteiger partial charge is 0.350 e. The Morgan fingerprint density at radius 2 is 1.96 bits per heavy atom. The van der Waals surface area contributed by atoms with Crippen LogP contribution < -0.4 is 10.6 Å². The minimum Gasteiger partial charge on any atom is -0.350 e. The summed E-state index contributed by atoms with van der Waals surface area (Å²) in [5.74, 6) is 0.244. The van der Waals surface area contributed by atoms with Crippen molar-refractivity contribution in [3.63, 3.8) is 0 Å². The van der Waals surface area contributed by atoms with Gasteiger partial charge in [-0.1, -0.05) is 40.0 Å². The molecule has 0 saturated heterocycles. The van der Waals surface area contributed by atoms with E-state index < -0.39 is 5.41 Å². The van der Waals surface area contributed by atoms with E-state index in [0.717, 1.165) is 6.42 Å². The van der Waals surface area contributed by atoms with Gasteiger partial charge in [-0.05, 0) is 37.3 Å². The second kappa shape index (κ2) is 8.27. The van der Waals surface area contributed by atoms with Crippen LogP contribution in [0.3, 0.4) is 0 Å². The minimum atomic E-state index is -0.480. The van der Waals surface area contributed by atoms with Crippen LogP contribution in [0.4, 0.5) is 5.69 Å². The molecule has 0 bridgehead atoms. The van der Waals surface area contributed by atoms with E-state index in [2.05, 4.69) is 15.6 Å². The summed E-state index contributed by atoms with van der Waals surface area (Å²) in [5.41, 5.74) is 0.282. The van der Waals surface area contributed by atoms with Crippen molar-refractivity contribution < 1.29 is 9.59 Å². The Morgan fingerprint density at radius 3 is 2.62 bits per heavy atom. The van der Waals surface area contributed by atoms with Crippen molar-refractivity contribution >= 4 is 17.5 Å². The van der Waals surface area contributed by atoms with Crippen LogP contribution in [0.25, 0.3) is 0 Å². The highest BCUT2D eigenvalue weighted by molar-refractivity contribution is 6.03. The zero-order valence-corrected chi connectivity index (χ0v) is 15.0. The maximum Gasteiger partial charge on any atom is 0.272 e. The lowest BCUT2D eigenvalue weighted by Gasteiger charge is -2.23. The summed E-state index contributed by atoms with van der Waals surface area (Å²) in [4.78, 5) is 29.0. The quantitative estimate of drug-likeness (QED) is 0.833. The van der Waals surface area contributed by atoms with Crippen LogP contribution in [0.1, 0.15) is 69.8 Å². The highest BCUT2D eigenvalue weighted by atomic mass is 16.2. The molecule has 1 aliphatic carbocycles. The first-order chi connectivity index (χ1) is 11.4. The SMILES string of the molecule is CCC(C)(C)C(=O)Nc1cccnc1C(=O)NCC1CCCCC1. The molecule has 0 aliphatic heterocycles. The summed E-state index contributed by atoms with van der Waals surface area (Å²) in [6, 6.07) is 3.46. The van der Waals surface area contributed by atoms with Gasteiger partial charge >= 0.3 is 0 Å². The van der Waals surface area contributed by atoms with Gasteiger partial charge in [0.1, 0.15) is 0 Å². The molecule has 2 rings (SSSR count). The average molecular weight is 331 g/mol. The molecule has 0 atom stereocenters. The van der Waals surface area contributed by atoms with Crippen molar-refractivity contribution in [1.29, 1.82) is 0 Å². The number of rotatable bonds is 6. The lowest BCUT2D eigenvalue weighted by Crippen LogP contribution is -2.33. The van der Waals surface area contributed by atoms with Crippen LogP contribution >= 0.6 is 0 Å². The maximum atomic E-state index is 12.5. The molecule has 1 aliphatic rings. The number of pyridine rings is 1. The van der Waals surface area contributed by atoms with Gasteiger partial charge in [0.25, 0.3) is 5.91 Å². The normalized spacial score (nSPS) is 15.8. The molecule has 2 amide bonds. The van der Waals surface area contributed by atoms with Gasteiger partial charge in [-0.25, -0.2) is 4.98 Å². The smallest absolute Gasteiger partial charge is 0.272 e. The lowest BCUT2D eigenvalue weighted by atomic mass is 9.89. The predicted octanol–water partition coefficient (Wildman–Crippen LogP) is 3.77. The molecule has 2 N–H and O–H groups in total. The number of carbonyl (C=O) groups is 2. The van der Waals surface area contributed by atoms with Gasteiger partial charge in [0, 0.05) is 18.2 Å².